The number of hydrogen-bond donors (Lipinski definition) is 6. The molecule has 0 aliphatic rings. The average Bonchev–Trinajstić information content (AvgIpc) is 2.60. The number of carbonyl (C=O) groups excluding carboxylic acids is 3. The molecule has 11 nitrogen and oxygen atoms in total. The molecule has 0 rings (SSSR count). The number of rotatable bonds is 13. The van der Waals surface area contributed by atoms with Gasteiger partial charge in [-0.1, -0.05) is 27.7 Å². The van der Waals surface area contributed by atoms with Crippen molar-refractivity contribution < 1.29 is 34.2 Å². The van der Waals surface area contributed by atoms with Gasteiger partial charge in [-0.3, -0.25) is 19.2 Å². The maximum atomic E-state index is 12.5. The van der Waals surface area contributed by atoms with Gasteiger partial charge in [0, 0.05) is 6.42 Å². The minimum atomic E-state index is -1.21. The monoisotopic (exact) mass is 430 g/mol. The van der Waals surface area contributed by atoms with Gasteiger partial charge < -0.3 is 31.9 Å². The van der Waals surface area contributed by atoms with Gasteiger partial charge >= 0.3 is 11.9 Å². The Morgan fingerprint density at radius 3 is 1.83 bits per heavy atom. The topological polar surface area (TPSA) is 188 Å². The normalized spacial score (nSPS) is 15.1. The zero-order valence-electron chi connectivity index (χ0n) is 18.1. The highest BCUT2D eigenvalue weighted by Crippen LogP contribution is 2.06. The number of hydrogen-bond acceptors (Lipinski definition) is 6. The molecule has 0 bridgehead atoms. The fourth-order valence-corrected chi connectivity index (χ4v) is 2.60. The zero-order chi connectivity index (χ0) is 23.6. The third kappa shape index (κ3) is 10.2. The van der Waals surface area contributed by atoms with Crippen molar-refractivity contribution in [2.75, 3.05) is 0 Å². The average molecular weight is 431 g/mol. The smallest absolute Gasteiger partial charge is 0.326 e. The van der Waals surface area contributed by atoms with E-state index in [4.69, 9.17) is 15.9 Å². The summed E-state index contributed by atoms with van der Waals surface area (Å²) in [4.78, 5) is 59.1. The molecule has 4 atom stereocenters. The molecule has 0 heterocycles. The predicted octanol–water partition coefficient (Wildman–Crippen LogP) is -0.560. The number of amides is 3. The number of carboxylic acids is 2. The molecule has 11 heteroatoms. The molecular formula is C19H34N4O7. The van der Waals surface area contributed by atoms with Gasteiger partial charge in [-0.05, 0) is 31.6 Å². The summed E-state index contributed by atoms with van der Waals surface area (Å²) in [7, 11) is 0. The first-order chi connectivity index (χ1) is 13.8. The Labute approximate surface area is 176 Å². The van der Waals surface area contributed by atoms with Crippen molar-refractivity contribution in [1.29, 1.82) is 0 Å². The lowest BCUT2D eigenvalue weighted by Gasteiger charge is -2.24. The van der Waals surface area contributed by atoms with Crippen LogP contribution in [0.15, 0.2) is 0 Å². The molecule has 0 fully saturated rings. The molecule has 0 saturated heterocycles. The second kappa shape index (κ2) is 12.8. The van der Waals surface area contributed by atoms with E-state index in [1.54, 1.807) is 13.8 Å². The Kier molecular flexibility index (Phi) is 11.6. The van der Waals surface area contributed by atoms with Gasteiger partial charge in [0.2, 0.25) is 17.7 Å². The van der Waals surface area contributed by atoms with Crippen LogP contribution in [0.1, 0.15) is 53.9 Å². The van der Waals surface area contributed by atoms with Gasteiger partial charge in [-0.2, -0.15) is 0 Å². The van der Waals surface area contributed by atoms with E-state index >= 15 is 0 Å². The van der Waals surface area contributed by atoms with Gasteiger partial charge in [-0.25, -0.2) is 4.79 Å². The summed E-state index contributed by atoms with van der Waals surface area (Å²) in [5.41, 5.74) is 5.80. The zero-order valence-corrected chi connectivity index (χ0v) is 18.1. The summed E-state index contributed by atoms with van der Waals surface area (Å²) in [6.45, 7) is 8.36. The summed E-state index contributed by atoms with van der Waals surface area (Å²) in [5.74, 6) is -4.67. The van der Waals surface area contributed by atoms with Gasteiger partial charge in [0.25, 0.3) is 0 Å². The van der Waals surface area contributed by atoms with Crippen molar-refractivity contribution in [2.24, 2.45) is 17.6 Å². The highest BCUT2D eigenvalue weighted by atomic mass is 16.4. The molecule has 0 aromatic heterocycles. The number of nitrogens with two attached hydrogens (primary N) is 1. The van der Waals surface area contributed by atoms with Gasteiger partial charge in [0.15, 0.2) is 0 Å². The van der Waals surface area contributed by atoms with Crippen molar-refractivity contribution in [3.8, 4) is 0 Å². The predicted molar refractivity (Wildman–Crippen MR) is 108 cm³/mol. The Bertz CT molecular complexity index is 636. The van der Waals surface area contributed by atoms with E-state index in [0.717, 1.165) is 0 Å². The first-order valence-electron chi connectivity index (χ1n) is 9.87. The maximum Gasteiger partial charge on any atom is 0.326 e. The van der Waals surface area contributed by atoms with Crippen molar-refractivity contribution in [2.45, 2.75) is 78.0 Å². The van der Waals surface area contributed by atoms with E-state index in [2.05, 4.69) is 16.0 Å². The maximum absolute atomic E-state index is 12.5. The van der Waals surface area contributed by atoms with E-state index in [0.29, 0.717) is 6.42 Å². The van der Waals surface area contributed by atoms with E-state index < -0.39 is 53.8 Å². The van der Waals surface area contributed by atoms with Crippen LogP contribution in [0, 0.1) is 11.8 Å². The number of carbonyl (C=O) groups is 5. The molecule has 7 N–H and O–H groups in total. The molecule has 172 valence electrons. The number of aliphatic carboxylic acids is 2. The SMILES string of the molecule is CC(C)CC(N)C(=O)NC(CCC(=O)O)C(=O)NC(C)C(=O)NC(C(=O)O)C(C)C. The Morgan fingerprint density at radius 1 is 0.833 bits per heavy atom. The molecule has 0 aliphatic heterocycles. The van der Waals surface area contributed by atoms with Crippen LogP contribution >= 0.6 is 0 Å². The van der Waals surface area contributed by atoms with Crippen LogP contribution in [0.2, 0.25) is 0 Å². The molecular weight excluding hydrogens is 396 g/mol. The third-order valence-electron chi connectivity index (χ3n) is 4.32. The van der Waals surface area contributed by atoms with Gasteiger partial charge in [-0.15, -0.1) is 0 Å². The lowest BCUT2D eigenvalue weighted by molar-refractivity contribution is -0.143. The first-order valence-corrected chi connectivity index (χ1v) is 9.87. The quantitative estimate of drug-likeness (QED) is 0.224. The van der Waals surface area contributed by atoms with Gasteiger partial charge in [0.1, 0.15) is 18.1 Å². The fourth-order valence-electron chi connectivity index (χ4n) is 2.60. The van der Waals surface area contributed by atoms with Crippen molar-refractivity contribution in [1.82, 2.24) is 16.0 Å². The molecule has 0 aromatic carbocycles. The first kappa shape index (κ1) is 27.3. The summed E-state index contributed by atoms with van der Waals surface area (Å²) >= 11 is 0. The minimum absolute atomic E-state index is 0.143. The number of nitrogens with one attached hydrogen (secondary N) is 3. The van der Waals surface area contributed by atoms with Crippen LogP contribution in [-0.2, 0) is 24.0 Å². The lowest BCUT2D eigenvalue weighted by atomic mass is 10.0. The van der Waals surface area contributed by atoms with Crippen LogP contribution in [0.3, 0.4) is 0 Å². The third-order valence-corrected chi connectivity index (χ3v) is 4.32. The molecule has 0 spiro atoms. The van der Waals surface area contributed by atoms with E-state index in [1.165, 1.54) is 6.92 Å². The van der Waals surface area contributed by atoms with E-state index in [-0.39, 0.29) is 24.7 Å². The van der Waals surface area contributed by atoms with Crippen LogP contribution in [0.25, 0.3) is 0 Å². The van der Waals surface area contributed by atoms with Crippen molar-refractivity contribution in [3.63, 3.8) is 0 Å². The van der Waals surface area contributed by atoms with E-state index in [1.807, 2.05) is 13.8 Å². The molecule has 0 aromatic rings. The fraction of sp³-hybridized carbons (Fsp3) is 0.737. The van der Waals surface area contributed by atoms with Gasteiger partial charge in [0.05, 0.1) is 6.04 Å². The molecule has 0 saturated carbocycles. The molecule has 0 radical (unpaired) electrons. The lowest BCUT2D eigenvalue weighted by Crippen LogP contribution is -2.57. The summed E-state index contributed by atoms with van der Waals surface area (Å²) in [6.07, 6.45) is -0.199. The highest BCUT2D eigenvalue weighted by molar-refractivity contribution is 5.94. The molecule has 30 heavy (non-hydrogen) atoms. The Morgan fingerprint density at radius 2 is 1.40 bits per heavy atom. The largest absolute Gasteiger partial charge is 0.481 e. The van der Waals surface area contributed by atoms with Crippen LogP contribution in [0.5, 0.6) is 0 Å². The second-order valence-corrected chi connectivity index (χ2v) is 8.03. The highest BCUT2D eigenvalue weighted by Gasteiger charge is 2.29. The standard InChI is InChI=1S/C19H34N4O7/c1-9(2)8-12(20)17(27)22-13(6-7-14(24)25)18(28)21-11(5)16(26)23-15(10(3)4)19(29)30/h9-13,15H,6-8,20H2,1-5H3,(H,21,28)(H,22,27)(H,23,26)(H,24,25)(H,29,30). The second-order valence-electron chi connectivity index (χ2n) is 8.03. The summed E-state index contributed by atoms with van der Waals surface area (Å²) in [5, 5.41) is 25.2. The van der Waals surface area contributed by atoms with E-state index in [9.17, 15) is 24.0 Å². The Balaban J connectivity index is 5.13. The van der Waals surface area contributed by atoms with Crippen molar-refractivity contribution >= 4 is 29.7 Å². The van der Waals surface area contributed by atoms with Crippen molar-refractivity contribution in [3.05, 3.63) is 0 Å². The van der Waals surface area contributed by atoms with Crippen LogP contribution < -0.4 is 21.7 Å². The molecule has 4 unspecified atom stereocenters. The molecule has 3 amide bonds. The van der Waals surface area contributed by atoms with Crippen LogP contribution in [0.4, 0.5) is 0 Å². The molecule has 0 aliphatic carbocycles. The minimum Gasteiger partial charge on any atom is -0.481 e. The Hall–Kier alpha value is -2.69. The summed E-state index contributed by atoms with van der Waals surface area (Å²) in [6, 6.07) is -4.31. The number of carboxylic acid groups (broad SMARTS) is 2. The summed E-state index contributed by atoms with van der Waals surface area (Å²) < 4.78 is 0. The van der Waals surface area contributed by atoms with Crippen LogP contribution in [-0.4, -0.2) is 64.0 Å².